The molecule has 0 aromatic carbocycles. The number of hydrogen-bond acceptors (Lipinski definition) is 7. The molecule has 0 amide bonds. The summed E-state index contributed by atoms with van der Waals surface area (Å²) < 4.78 is 24.3. The molecule has 0 saturated carbocycles. The standard InChI is InChI=1S/C18H32N2O5.C10H16O/c1-5-7-16-12(3)20(13(6-2)11-23-4)19-18(16)25-17-9-14(22)8-15(10-21)24-17;1-4-7-8-9-10(5-2)11-6-3/h13-15,17,21-22H,5-11H2,1-4H3;4-5,8-9H,1,6-7H2,2-3H3/b;9-8?,10-5+. The maximum Gasteiger partial charge on any atom is 0.238 e. The average molecular weight is 509 g/mol. The average Bonchev–Trinajstić information content (AvgIpc) is 3.16. The SMILES string of the molecule is C=CCC=C/C(=C\C)OCC.CCCc1c(OC2CC(O)CC(CO)O2)nn(C(CC)COC)c1C. The van der Waals surface area contributed by atoms with Crippen LogP contribution >= 0.6 is 0 Å². The molecule has 36 heavy (non-hydrogen) atoms. The summed E-state index contributed by atoms with van der Waals surface area (Å²) in [6, 6.07) is 0.154. The minimum Gasteiger partial charge on any atom is -0.494 e. The van der Waals surface area contributed by atoms with Crippen LogP contribution in [-0.2, 0) is 20.6 Å². The van der Waals surface area contributed by atoms with Crippen molar-refractivity contribution >= 4 is 0 Å². The van der Waals surface area contributed by atoms with Crippen LogP contribution in [0.5, 0.6) is 5.88 Å². The third kappa shape index (κ3) is 10.5. The minimum absolute atomic E-state index is 0.127. The summed E-state index contributed by atoms with van der Waals surface area (Å²) in [7, 11) is 1.69. The van der Waals surface area contributed by atoms with Crippen molar-refractivity contribution in [3.63, 3.8) is 0 Å². The van der Waals surface area contributed by atoms with Crippen LogP contribution in [0.1, 0.15) is 77.1 Å². The first-order valence-corrected chi connectivity index (χ1v) is 13.1. The van der Waals surface area contributed by atoms with E-state index in [4.69, 9.17) is 18.9 Å². The van der Waals surface area contributed by atoms with Gasteiger partial charge in [0.2, 0.25) is 12.2 Å². The summed E-state index contributed by atoms with van der Waals surface area (Å²) in [5, 5.41) is 24.0. The smallest absolute Gasteiger partial charge is 0.238 e. The van der Waals surface area contributed by atoms with Crippen LogP contribution in [-0.4, -0.2) is 65.4 Å². The Balaban J connectivity index is 0.000000497. The van der Waals surface area contributed by atoms with Gasteiger partial charge in [-0.25, -0.2) is 0 Å². The normalized spacial score (nSPS) is 21.1. The van der Waals surface area contributed by atoms with Gasteiger partial charge in [-0.3, -0.25) is 4.68 Å². The van der Waals surface area contributed by atoms with Crippen molar-refractivity contribution in [2.24, 2.45) is 0 Å². The molecule has 4 unspecified atom stereocenters. The molecule has 1 aliphatic heterocycles. The summed E-state index contributed by atoms with van der Waals surface area (Å²) in [5.41, 5.74) is 2.15. The molecule has 206 valence electrons. The second kappa shape index (κ2) is 18.2. The van der Waals surface area contributed by atoms with Gasteiger partial charge in [0.25, 0.3) is 0 Å². The van der Waals surface area contributed by atoms with Crippen molar-refractivity contribution < 1.29 is 29.2 Å². The number of ether oxygens (including phenoxy) is 4. The fourth-order valence-corrected chi connectivity index (χ4v) is 4.01. The summed E-state index contributed by atoms with van der Waals surface area (Å²) in [6.07, 6.45) is 10.7. The lowest BCUT2D eigenvalue weighted by molar-refractivity contribution is -0.186. The van der Waals surface area contributed by atoms with Crippen molar-refractivity contribution in [1.29, 1.82) is 0 Å². The highest BCUT2D eigenvalue weighted by Crippen LogP contribution is 2.30. The van der Waals surface area contributed by atoms with E-state index >= 15 is 0 Å². The number of aliphatic hydroxyl groups is 2. The molecular formula is C28H48N2O6. The van der Waals surface area contributed by atoms with E-state index in [0.29, 0.717) is 25.3 Å². The molecule has 0 aliphatic carbocycles. The second-order valence-electron chi connectivity index (χ2n) is 8.75. The van der Waals surface area contributed by atoms with Crippen molar-refractivity contribution in [3.05, 3.63) is 47.9 Å². The molecule has 8 nitrogen and oxygen atoms in total. The molecule has 1 aliphatic rings. The lowest BCUT2D eigenvalue weighted by Crippen LogP contribution is -2.40. The Morgan fingerprint density at radius 3 is 2.61 bits per heavy atom. The van der Waals surface area contributed by atoms with Gasteiger partial charge in [-0.05, 0) is 52.2 Å². The number of nitrogens with zero attached hydrogens (tertiary/aromatic N) is 2. The monoisotopic (exact) mass is 508 g/mol. The molecule has 2 heterocycles. The van der Waals surface area contributed by atoms with Crippen LogP contribution in [0.4, 0.5) is 0 Å². The number of allylic oxidation sites excluding steroid dienone is 4. The molecule has 2 rings (SSSR count). The number of aromatic nitrogens is 2. The molecule has 2 N–H and O–H groups in total. The highest BCUT2D eigenvalue weighted by molar-refractivity contribution is 5.31. The van der Waals surface area contributed by atoms with E-state index in [-0.39, 0.29) is 12.6 Å². The van der Waals surface area contributed by atoms with Gasteiger partial charge < -0.3 is 29.2 Å². The summed E-state index contributed by atoms with van der Waals surface area (Å²) >= 11 is 0. The predicted molar refractivity (Wildman–Crippen MR) is 143 cm³/mol. The van der Waals surface area contributed by atoms with Gasteiger partial charge in [-0.15, -0.1) is 11.7 Å². The van der Waals surface area contributed by atoms with Gasteiger partial charge in [0.05, 0.1) is 38.1 Å². The van der Waals surface area contributed by atoms with Crippen LogP contribution in [0.2, 0.25) is 0 Å². The molecular weight excluding hydrogens is 460 g/mol. The quantitative estimate of drug-likeness (QED) is 0.207. The first-order valence-electron chi connectivity index (χ1n) is 13.1. The highest BCUT2D eigenvalue weighted by atomic mass is 16.7. The van der Waals surface area contributed by atoms with Crippen LogP contribution in [0.3, 0.4) is 0 Å². The van der Waals surface area contributed by atoms with Crippen molar-refractivity contribution in [2.45, 2.75) is 97.7 Å². The van der Waals surface area contributed by atoms with E-state index in [1.807, 2.05) is 42.8 Å². The summed E-state index contributed by atoms with van der Waals surface area (Å²) in [6.45, 7) is 15.0. The molecule has 1 aromatic rings. The van der Waals surface area contributed by atoms with Gasteiger partial charge in [-0.1, -0.05) is 32.4 Å². The predicted octanol–water partition coefficient (Wildman–Crippen LogP) is 5.04. The lowest BCUT2D eigenvalue weighted by atomic mass is 10.1. The van der Waals surface area contributed by atoms with E-state index in [1.165, 1.54) is 0 Å². The van der Waals surface area contributed by atoms with Crippen LogP contribution in [0.15, 0.2) is 36.6 Å². The van der Waals surface area contributed by atoms with E-state index in [2.05, 4.69) is 32.4 Å². The summed E-state index contributed by atoms with van der Waals surface area (Å²) in [5.74, 6) is 1.49. The zero-order valence-corrected chi connectivity index (χ0v) is 23.1. The molecule has 4 atom stereocenters. The van der Waals surface area contributed by atoms with E-state index in [9.17, 15) is 10.2 Å². The Labute approximate surface area is 217 Å². The maximum atomic E-state index is 9.97. The Hall–Kier alpha value is -2.13. The highest BCUT2D eigenvalue weighted by Gasteiger charge is 2.31. The third-order valence-electron chi connectivity index (χ3n) is 5.88. The number of hydrogen-bond donors (Lipinski definition) is 2. The molecule has 1 fully saturated rings. The zero-order valence-electron chi connectivity index (χ0n) is 23.1. The van der Waals surface area contributed by atoms with Crippen molar-refractivity contribution in [1.82, 2.24) is 9.78 Å². The zero-order chi connectivity index (χ0) is 26.9. The Kier molecular flexibility index (Phi) is 16.1. The molecule has 8 heteroatoms. The van der Waals surface area contributed by atoms with Gasteiger partial charge >= 0.3 is 0 Å². The Bertz CT molecular complexity index is 804. The van der Waals surface area contributed by atoms with Gasteiger partial charge in [0.1, 0.15) is 5.76 Å². The van der Waals surface area contributed by atoms with E-state index in [1.54, 1.807) is 7.11 Å². The largest absolute Gasteiger partial charge is 0.494 e. The van der Waals surface area contributed by atoms with Gasteiger partial charge in [-0.2, -0.15) is 0 Å². The second-order valence-corrected chi connectivity index (χ2v) is 8.75. The number of methoxy groups -OCH3 is 1. The molecule has 0 spiro atoms. The Morgan fingerprint density at radius 2 is 2.06 bits per heavy atom. The van der Waals surface area contributed by atoms with Crippen LogP contribution in [0, 0.1) is 6.92 Å². The van der Waals surface area contributed by atoms with E-state index < -0.39 is 18.5 Å². The lowest BCUT2D eigenvalue weighted by Gasteiger charge is -2.31. The van der Waals surface area contributed by atoms with Crippen molar-refractivity contribution in [3.8, 4) is 5.88 Å². The fraction of sp³-hybridized carbons (Fsp3) is 0.679. The van der Waals surface area contributed by atoms with Crippen LogP contribution in [0.25, 0.3) is 0 Å². The minimum atomic E-state index is -0.596. The summed E-state index contributed by atoms with van der Waals surface area (Å²) in [4.78, 5) is 0. The van der Waals surface area contributed by atoms with E-state index in [0.717, 1.165) is 49.3 Å². The molecule has 0 radical (unpaired) electrons. The Morgan fingerprint density at radius 1 is 1.31 bits per heavy atom. The van der Waals surface area contributed by atoms with Crippen LogP contribution < -0.4 is 4.74 Å². The topological polar surface area (TPSA) is 95.2 Å². The van der Waals surface area contributed by atoms with Crippen molar-refractivity contribution in [2.75, 3.05) is 26.9 Å². The number of aliphatic hydroxyl groups excluding tert-OH is 2. The molecule has 1 aromatic heterocycles. The number of rotatable bonds is 14. The molecule has 0 bridgehead atoms. The van der Waals surface area contributed by atoms with Gasteiger partial charge in [0.15, 0.2) is 0 Å². The fourth-order valence-electron chi connectivity index (χ4n) is 4.01. The van der Waals surface area contributed by atoms with Gasteiger partial charge in [0, 0.05) is 31.2 Å². The first kappa shape index (κ1) is 31.9. The third-order valence-corrected chi connectivity index (χ3v) is 5.88. The molecule has 1 saturated heterocycles. The maximum absolute atomic E-state index is 9.97. The first-order chi connectivity index (χ1) is 17.4.